The van der Waals surface area contributed by atoms with Crippen LogP contribution in [0, 0.1) is 11.3 Å². The van der Waals surface area contributed by atoms with E-state index >= 15 is 0 Å². The first-order valence-corrected chi connectivity index (χ1v) is 7.51. The SMILES string of the molecule is CCS[C@H]1CC[C@H](N(C)CCCCC#N)C1. The van der Waals surface area contributed by atoms with Crippen LogP contribution in [0.25, 0.3) is 0 Å². The molecule has 0 saturated heterocycles. The van der Waals surface area contributed by atoms with E-state index in [1.165, 1.54) is 31.4 Å². The highest BCUT2D eigenvalue weighted by atomic mass is 32.2. The molecule has 0 aliphatic heterocycles. The molecule has 1 saturated carbocycles. The van der Waals surface area contributed by atoms with E-state index in [1.54, 1.807) is 0 Å². The van der Waals surface area contributed by atoms with Gasteiger partial charge in [-0.3, -0.25) is 0 Å². The van der Waals surface area contributed by atoms with Crippen molar-refractivity contribution in [2.75, 3.05) is 19.3 Å². The molecule has 0 aromatic rings. The first-order valence-electron chi connectivity index (χ1n) is 6.46. The lowest BCUT2D eigenvalue weighted by Crippen LogP contribution is -2.30. The quantitative estimate of drug-likeness (QED) is 0.639. The summed E-state index contributed by atoms with van der Waals surface area (Å²) in [5.41, 5.74) is 0. The van der Waals surface area contributed by atoms with Crippen LogP contribution in [0.15, 0.2) is 0 Å². The third-order valence-corrected chi connectivity index (χ3v) is 4.66. The summed E-state index contributed by atoms with van der Waals surface area (Å²) in [7, 11) is 2.25. The minimum atomic E-state index is 0.715. The van der Waals surface area contributed by atoms with E-state index in [-0.39, 0.29) is 0 Å². The second-order valence-electron chi connectivity index (χ2n) is 4.64. The van der Waals surface area contributed by atoms with Crippen molar-refractivity contribution in [1.29, 1.82) is 5.26 Å². The number of unbranched alkanes of at least 4 members (excludes halogenated alkanes) is 2. The number of rotatable bonds is 7. The monoisotopic (exact) mass is 240 g/mol. The normalized spacial score (nSPS) is 24.9. The number of hydrogen-bond donors (Lipinski definition) is 0. The Hall–Kier alpha value is -0.200. The highest BCUT2D eigenvalue weighted by Crippen LogP contribution is 2.32. The molecule has 0 N–H and O–H groups in total. The van der Waals surface area contributed by atoms with Gasteiger partial charge >= 0.3 is 0 Å². The average molecular weight is 240 g/mol. The van der Waals surface area contributed by atoms with E-state index < -0.39 is 0 Å². The van der Waals surface area contributed by atoms with Crippen LogP contribution in [0.2, 0.25) is 0 Å². The van der Waals surface area contributed by atoms with Crippen LogP contribution < -0.4 is 0 Å². The molecule has 2 atom stereocenters. The second kappa shape index (κ2) is 7.97. The maximum atomic E-state index is 8.47. The van der Waals surface area contributed by atoms with Crippen LogP contribution in [-0.4, -0.2) is 35.5 Å². The highest BCUT2D eigenvalue weighted by Gasteiger charge is 2.26. The standard InChI is InChI=1S/C13H24N2S/c1-3-16-13-8-7-12(11-13)15(2)10-6-4-5-9-14/h12-13H,3-8,10-11H2,1-2H3/t12-,13-/m0/s1. The van der Waals surface area contributed by atoms with Gasteiger partial charge in [-0.15, -0.1) is 0 Å². The Labute approximate surface area is 104 Å². The van der Waals surface area contributed by atoms with Crippen LogP contribution in [0.4, 0.5) is 0 Å². The fourth-order valence-electron chi connectivity index (χ4n) is 2.45. The summed E-state index contributed by atoms with van der Waals surface area (Å²) in [4.78, 5) is 2.51. The molecule has 16 heavy (non-hydrogen) atoms. The van der Waals surface area contributed by atoms with Gasteiger partial charge in [-0.05, 0) is 51.4 Å². The Morgan fingerprint density at radius 2 is 2.19 bits per heavy atom. The molecule has 0 spiro atoms. The maximum Gasteiger partial charge on any atom is 0.0621 e. The molecule has 0 radical (unpaired) electrons. The summed E-state index contributed by atoms with van der Waals surface area (Å²) >= 11 is 2.12. The van der Waals surface area contributed by atoms with Crippen molar-refractivity contribution in [1.82, 2.24) is 4.90 Å². The Morgan fingerprint density at radius 3 is 2.88 bits per heavy atom. The van der Waals surface area contributed by atoms with Crippen molar-refractivity contribution in [2.45, 2.75) is 56.7 Å². The molecule has 0 bridgehead atoms. The van der Waals surface area contributed by atoms with Gasteiger partial charge in [0, 0.05) is 17.7 Å². The Bertz CT molecular complexity index is 224. The first-order chi connectivity index (χ1) is 7.77. The molecule has 1 aliphatic carbocycles. The van der Waals surface area contributed by atoms with Crippen molar-refractivity contribution >= 4 is 11.8 Å². The van der Waals surface area contributed by atoms with Crippen molar-refractivity contribution in [3.8, 4) is 6.07 Å². The summed E-state index contributed by atoms with van der Waals surface area (Å²) in [6, 6.07) is 3.01. The van der Waals surface area contributed by atoms with Crippen molar-refractivity contribution in [3.05, 3.63) is 0 Å². The zero-order valence-electron chi connectivity index (χ0n) is 10.6. The first kappa shape index (κ1) is 13.9. The van der Waals surface area contributed by atoms with E-state index in [1.807, 2.05) is 0 Å². The lowest BCUT2D eigenvalue weighted by molar-refractivity contribution is 0.241. The zero-order chi connectivity index (χ0) is 11.8. The van der Waals surface area contributed by atoms with Gasteiger partial charge in [0.05, 0.1) is 6.07 Å². The van der Waals surface area contributed by atoms with E-state index in [4.69, 9.17) is 5.26 Å². The summed E-state index contributed by atoms with van der Waals surface area (Å²) in [6.45, 7) is 3.42. The minimum absolute atomic E-state index is 0.715. The third kappa shape index (κ3) is 4.76. The molecule has 3 heteroatoms. The predicted octanol–water partition coefficient (Wildman–Crippen LogP) is 3.29. The minimum Gasteiger partial charge on any atom is -0.303 e. The highest BCUT2D eigenvalue weighted by molar-refractivity contribution is 7.99. The van der Waals surface area contributed by atoms with Crippen molar-refractivity contribution in [3.63, 3.8) is 0 Å². The summed E-state index contributed by atoms with van der Waals surface area (Å²) < 4.78 is 0. The van der Waals surface area contributed by atoms with Crippen LogP contribution in [-0.2, 0) is 0 Å². The molecule has 2 nitrogen and oxygen atoms in total. The molecule has 0 amide bonds. The van der Waals surface area contributed by atoms with Gasteiger partial charge in [0.2, 0.25) is 0 Å². The molecule has 92 valence electrons. The largest absolute Gasteiger partial charge is 0.303 e. The third-order valence-electron chi connectivity index (χ3n) is 3.43. The Kier molecular flexibility index (Phi) is 6.91. The number of thioether (sulfide) groups is 1. The molecule has 0 heterocycles. The van der Waals surface area contributed by atoms with Gasteiger partial charge in [0.25, 0.3) is 0 Å². The fourth-order valence-corrected chi connectivity index (χ4v) is 3.59. The molecular weight excluding hydrogens is 216 g/mol. The molecule has 1 aliphatic rings. The smallest absolute Gasteiger partial charge is 0.0621 e. The second-order valence-corrected chi connectivity index (χ2v) is 6.22. The topological polar surface area (TPSA) is 27.0 Å². The molecular formula is C13H24N2S. The van der Waals surface area contributed by atoms with Crippen LogP contribution in [0.5, 0.6) is 0 Å². The summed E-state index contributed by atoms with van der Waals surface area (Å²) in [5.74, 6) is 1.25. The molecule has 0 aromatic heterocycles. The summed E-state index contributed by atoms with van der Waals surface area (Å²) in [5, 5.41) is 9.37. The van der Waals surface area contributed by atoms with Crippen molar-refractivity contribution in [2.24, 2.45) is 0 Å². The predicted molar refractivity (Wildman–Crippen MR) is 71.7 cm³/mol. The van der Waals surface area contributed by atoms with E-state index in [0.29, 0.717) is 6.42 Å². The van der Waals surface area contributed by atoms with E-state index in [0.717, 1.165) is 24.3 Å². The number of nitriles is 1. The van der Waals surface area contributed by atoms with Gasteiger partial charge in [-0.1, -0.05) is 6.92 Å². The van der Waals surface area contributed by atoms with Gasteiger partial charge in [0.15, 0.2) is 0 Å². The molecule has 1 fully saturated rings. The van der Waals surface area contributed by atoms with Gasteiger partial charge < -0.3 is 4.90 Å². The Morgan fingerprint density at radius 1 is 1.38 bits per heavy atom. The van der Waals surface area contributed by atoms with Crippen LogP contribution in [0.3, 0.4) is 0 Å². The van der Waals surface area contributed by atoms with Gasteiger partial charge in [0.1, 0.15) is 0 Å². The zero-order valence-corrected chi connectivity index (χ0v) is 11.4. The maximum absolute atomic E-state index is 8.47. The van der Waals surface area contributed by atoms with Crippen LogP contribution in [0.1, 0.15) is 45.4 Å². The average Bonchev–Trinajstić information content (AvgIpc) is 2.73. The lowest BCUT2D eigenvalue weighted by atomic mass is 10.2. The van der Waals surface area contributed by atoms with E-state index in [2.05, 4.69) is 36.7 Å². The lowest BCUT2D eigenvalue weighted by Gasteiger charge is -2.24. The van der Waals surface area contributed by atoms with Crippen molar-refractivity contribution < 1.29 is 0 Å². The van der Waals surface area contributed by atoms with Crippen LogP contribution >= 0.6 is 11.8 Å². The van der Waals surface area contributed by atoms with Gasteiger partial charge in [-0.25, -0.2) is 0 Å². The fraction of sp³-hybridized carbons (Fsp3) is 0.923. The molecule has 0 aromatic carbocycles. The summed E-state index contributed by atoms with van der Waals surface area (Å²) in [6.07, 6.45) is 7.07. The van der Waals surface area contributed by atoms with Gasteiger partial charge in [-0.2, -0.15) is 17.0 Å². The molecule has 0 unspecified atom stereocenters. The molecule has 1 rings (SSSR count). The van der Waals surface area contributed by atoms with E-state index in [9.17, 15) is 0 Å². The number of nitrogens with zero attached hydrogens (tertiary/aromatic N) is 2. The number of hydrogen-bond acceptors (Lipinski definition) is 3. The Balaban J connectivity index is 2.13.